The molecule has 1 saturated heterocycles. The van der Waals surface area contributed by atoms with E-state index in [1.54, 1.807) is 12.0 Å². The van der Waals surface area contributed by atoms with Crippen molar-refractivity contribution in [3.05, 3.63) is 0 Å². The molecule has 0 aromatic rings. The molecule has 124 valence electrons. The van der Waals surface area contributed by atoms with Crippen LogP contribution in [-0.4, -0.2) is 69.2 Å². The highest BCUT2D eigenvalue weighted by Gasteiger charge is 2.29. The maximum atomic E-state index is 11.9. The standard InChI is InChI=1S/C15H30N2O4/c1-15(2,3)21-14(18)17-8-6-13(12-17)16-7-5-9-20-11-10-19-4/h13,16H,5-12H2,1-4H3. The number of nitrogens with zero attached hydrogens (tertiary/aromatic N) is 1. The highest BCUT2D eigenvalue weighted by molar-refractivity contribution is 5.68. The average molecular weight is 302 g/mol. The minimum absolute atomic E-state index is 0.213. The van der Waals surface area contributed by atoms with Crippen molar-refractivity contribution in [2.24, 2.45) is 0 Å². The van der Waals surface area contributed by atoms with Gasteiger partial charge in [-0.3, -0.25) is 0 Å². The number of hydrogen-bond acceptors (Lipinski definition) is 5. The third-order valence-electron chi connectivity index (χ3n) is 3.17. The van der Waals surface area contributed by atoms with Gasteiger partial charge in [0.1, 0.15) is 5.60 Å². The van der Waals surface area contributed by atoms with Crippen LogP contribution in [0.1, 0.15) is 33.6 Å². The molecule has 0 aliphatic carbocycles. The molecule has 0 aromatic heterocycles. The van der Waals surface area contributed by atoms with E-state index in [0.717, 1.165) is 39.1 Å². The van der Waals surface area contributed by atoms with E-state index in [1.807, 2.05) is 20.8 Å². The van der Waals surface area contributed by atoms with E-state index in [2.05, 4.69) is 5.32 Å². The molecular formula is C15H30N2O4. The Morgan fingerprint density at radius 2 is 2.05 bits per heavy atom. The maximum absolute atomic E-state index is 11.9. The summed E-state index contributed by atoms with van der Waals surface area (Å²) in [5, 5.41) is 3.46. The van der Waals surface area contributed by atoms with Crippen LogP contribution in [0, 0.1) is 0 Å². The van der Waals surface area contributed by atoms with Gasteiger partial charge in [0.15, 0.2) is 0 Å². The first-order valence-electron chi connectivity index (χ1n) is 7.70. The Labute approximate surface area is 128 Å². The summed E-state index contributed by atoms with van der Waals surface area (Å²) < 4.78 is 15.7. The van der Waals surface area contributed by atoms with Crippen molar-refractivity contribution in [3.8, 4) is 0 Å². The molecule has 1 aliphatic heterocycles. The summed E-state index contributed by atoms with van der Waals surface area (Å²) in [6.07, 6.45) is 1.73. The number of likely N-dealkylation sites (tertiary alicyclic amines) is 1. The van der Waals surface area contributed by atoms with Crippen LogP contribution in [0.25, 0.3) is 0 Å². The van der Waals surface area contributed by atoms with Gasteiger partial charge in [-0.15, -0.1) is 0 Å². The van der Waals surface area contributed by atoms with Crippen LogP contribution in [0.5, 0.6) is 0 Å². The molecule has 1 heterocycles. The number of rotatable bonds is 8. The van der Waals surface area contributed by atoms with Crippen molar-refractivity contribution in [1.82, 2.24) is 10.2 Å². The first-order valence-corrected chi connectivity index (χ1v) is 7.70. The number of nitrogens with one attached hydrogen (secondary N) is 1. The van der Waals surface area contributed by atoms with Crippen LogP contribution < -0.4 is 5.32 Å². The molecule has 1 rings (SSSR count). The molecule has 6 heteroatoms. The lowest BCUT2D eigenvalue weighted by atomic mass is 10.2. The molecule has 21 heavy (non-hydrogen) atoms. The van der Waals surface area contributed by atoms with E-state index < -0.39 is 5.60 Å². The van der Waals surface area contributed by atoms with Gasteiger partial charge in [-0.05, 0) is 40.2 Å². The van der Waals surface area contributed by atoms with Gasteiger partial charge in [-0.1, -0.05) is 0 Å². The van der Waals surface area contributed by atoms with Crippen molar-refractivity contribution >= 4 is 6.09 Å². The molecule has 1 unspecified atom stereocenters. The Morgan fingerprint density at radius 3 is 2.71 bits per heavy atom. The van der Waals surface area contributed by atoms with Crippen LogP contribution in [0.4, 0.5) is 4.79 Å². The number of methoxy groups -OCH3 is 1. The fourth-order valence-corrected chi connectivity index (χ4v) is 2.14. The summed E-state index contributed by atoms with van der Waals surface area (Å²) >= 11 is 0. The Balaban J connectivity index is 2.08. The molecular weight excluding hydrogens is 272 g/mol. The quantitative estimate of drug-likeness (QED) is 0.691. The molecule has 0 bridgehead atoms. The highest BCUT2D eigenvalue weighted by Crippen LogP contribution is 2.15. The van der Waals surface area contributed by atoms with Crippen LogP contribution in [0.15, 0.2) is 0 Å². The summed E-state index contributed by atoms with van der Waals surface area (Å²) in [6, 6.07) is 0.358. The molecule has 0 spiro atoms. The van der Waals surface area contributed by atoms with E-state index in [9.17, 15) is 4.79 Å². The van der Waals surface area contributed by atoms with Crippen LogP contribution in [-0.2, 0) is 14.2 Å². The predicted molar refractivity (Wildman–Crippen MR) is 81.5 cm³/mol. The molecule has 0 radical (unpaired) electrons. The van der Waals surface area contributed by atoms with Gasteiger partial charge in [0.05, 0.1) is 13.2 Å². The van der Waals surface area contributed by atoms with E-state index >= 15 is 0 Å². The molecule has 0 aromatic carbocycles. The zero-order valence-electron chi connectivity index (χ0n) is 13.8. The second kappa shape index (κ2) is 9.23. The van der Waals surface area contributed by atoms with Crippen LogP contribution in [0.2, 0.25) is 0 Å². The van der Waals surface area contributed by atoms with E-state index in [1.165, 1.54) is 0 Å². The summed E-state index contributed by atoms with van der Waals surface area (Å²) in [5.41, 5.74) is -0.428. The Morgan fingerprint density at radius 1 is 1.29 bits per heavy atom. The largest absolute Gasteiger partial charge is 0.444 e. The van der Waals surface area contributed by atoms with Crippen molar-refractivity contribution in [2.45, 2.75) is 45.3 Å². The second-order valence-corrected chi connectivity index (χ2v) is 6.32. The minimum Gasteiger partial charge on any atom is -0.444 e. The SMILES string of the molecule is COCCOCCCNC1CCN(C(=O)OC(C)(C)C)C1. The van der Waals surface area contributed by atoms with Crippen LogP contribution in [0.3, 0.4) is 0 Å². The summed E-state index contributed by atoms with van der Waals surface area (Å²) in [4.78, 5) is 13.7. The number of carbonyl (C=O) groups is 1. The molecule has 1 atom stereocenters. The zero-order chi connectivity index (χ0) is 15.7. The van der Waals surface area contributed by atoms with Gasteiger partial charge < -0.3 is 24.4 Å². The van der Waals surface area contributed by atoms with Crippen molar-refractivity contribution < 1.29 is 19.0 Å². The Bertz CT molecular complexity index is 305. The normalized spacial score (nSPS) is 19.0. The summed E-state index contributed by atoms with van der Waals surface area (Å²) in [7, 11) is 1.67. The third kappa shape index (κ3) is 8.24. The zero-order valence-corrected chi connectivity index (χ0v) is 13.8. The number of amides is 1. The fourth-order valence-electron chi connectivity index (χ4n) is 2.14. The van der Waals surface area contributed by atoms with Gasteiger partial charge >= 0.3 is 6.09 Å². The lowest BCUT2D eigenvalue weighted by Gasteiger charge is -2.24. The molecule has 1 amide bonds. The Kier molecular flexibility index (Phi) is 8.00. The van der Waals surface area contributed by atoms with Crippen molar-refractivity contribution in [2.75, 3.05) is 46.6 Å². The molecule has 1 fully saturated rings. The number of ether oxygens (including phenoxy) is 3. The minimum atomic E-state index is -0.428. The van der Waals surface area contributed by atoms with Gasteiger partial charge in [0.25, 0.3) is 0 Å². The topological polar surface area (TPSA) is 60.0 Å². The van der Waals surface area contributed by atoms with Crippen molar-refractivity contribution in [3.63, 3.8) is 0 Å². The van der Waals surface area contributed by atoms with Gasteiger partial charge in [-0.25, -0.2) is 4.79 Å². The summed E-state index contributed by atoms with van der Waals surface area (Å²) in [6.45, 7) is 10.1. The summed E-state index contributed by atoms with van der Waals surface area (Å²) in [5.74, 6) is 0. The molecule has 6 nitrogen and oxygen atoms in total. The van der Waals surface area contributed by atoms with E-state index in [-0.39, 0.29) is 6.09 Å². The second-order valence-electron chi connectivity index (χ2n) is 6.32. The predicted octanol–water partition coefficient (Wildman–Crippen LogP) is 1.64. The van der Waals surface area contributed by atoms with Crippen molar-refractivity contribution in [1.29, 1.82) is 0 Å². The van der Waals surface area contributed by atoms with Gasteiger partial charge in [0, 0.05) is 32.8 Å². The Hall–Kier alpha value is -0.850. The third-order valence-corrected chi connectivity index (χ3v) is 3.17. The smallest absolute Gasteiger partial charge is 0.410 e. The maximum Gasteiger partial charge on any atom is 0.410 e. The molecule has 1 N–H and O–H groups in total. The first-order chi connectivity index (χ1) is 9.92. The lowest BCUT2D eigenvalue weighted by Crippen LogP contribution is -2.38. The number of carbonyl (C=O) groups excluding carboxylic acids is 1. The average Bonchev–Trinajstić information content (AvgIpc) is 2.84. The molecule has 1 aliphatic rings. The first kappa shape index (κ1) is 18.2. The molecule has 0 saturated carbocycles. The highest BCUT2D eigenvalue weighted by atomic mass is 16.6. The number of hydrogen-bond donors (Lipinski definition) is 1. The van der Waals surface area contributed by atoms with Gasteiger partial charge in [0.2, 0.25) is 0 Å². The van der Waals surface area contributed by atoms with E-state index in [4.69, 9.17) is 14.2 Å². The van der Waals surface area contributed by atoms with E-state index in [0.29, 0.717) is 19.3 Å². The van der Waals surface area contributed by atoms with Gasteiger partial charge in [-0.2, -0.15) is 0 Å². The fraction of sp³-hybridized carbons (Fsp3) is 0.933. The lowest BCUT2D eigenvalue weighted by molar-refractivity contribution is 0.0290. The van der Waals surface area contributed by atoms with Crippen LogP contribution >= 0.6 is 0 Å². The monoisotopic (exact) mass is 302 g/mol.